The van der Waals surface area contributed by atoms with Crippen LogP contribution in [0.4, 0.5) is 0 Å². The summed E-state index contributed by atoms with van der Waals surface area (Å²) < 4.78 is 28.8. The molecule has 0 aromatic carbocycles. The predicted molar refractivity (Wildman–Crippen MR) is 72.1 cm³/mol. The minimum absolute atomic E-state index is 0.204. The maximum absolute atomic E-state index is 11.9. The number of thiophene rings is 1. The monoisotopic (exact) mass is 316 g/mol. The van der Waals surface area contributed by atoms with Crippen molar-refractivity contribution in [3.05, 3.63) is 29.3 Å². The quantitative estimate of drug-likeness (QED) is 0.830. The molecular weight excluding hydrogens is 304 g/mol. The first kappa shape index (κ1) is 14.7. The van der Waals surface area contributed by atoms with Crippen molar-refractivity contribution in [1.29, 1.82) is 0 Å². The summed E-state index contributed by atoms with van der Waals surface area (Å²) >= 11 is 0.981. The van der Waals surface area contributed by atoms with E-state index in [1.807, 2.05) is 0 Å². The van der Waals surface area contributed by atoms with Crippen LogP contribution in [0, 0.1) is 0 Å². The molecule has 0 fully saturated rings. The van der Waals surface area contributed by atoms with Gasteiger partial charge in [-0.15, -0.1) is 11.3 Å². The molecule has 2 heterocycles. The molecule has 0 aliphatic carbocycles. The van der Waals surface area contributed by atoms with E-state index >= 15 is 0 Å². The maximum Gasteiger partial charge on any atom is 0.263 e. The molecule has 9 heteroatoms. The Morgan fingerprint density at radius 1 is 1.45 bits per heavy atom. The van der Waals surface area contributed by atoms with Gasteiger partial charge >= 0.3 is 0 Å². The van der Waals surface area contributed by atoms with Crippen LogP contribution in [0.1, 0.15) is 9.67 Å². The van der Waals surface area contributed by atoms with E-state index in [-0.39, 0.29) is 20.6 Å². The van der Waals surface area contributed by atoms with E-state index in [0.29, 0.717) is 5.76 Å². The number of sulfonamides is 1. The highest BCUT2D eigenvalue weighted by atomic mass is 32.2. The Labute approximate surface area is 119 Å². The van der Waals surface area contributed by atoms with Crippen LogP contribution in [-0.4, -0.2) is 38.5 Å². The number of carbonyl (C=O) groups excluding carboxylic acids is 1. The van der Waals surface area contributed by atoms with Gasteiger partial charge in [-0.1, -0.05) is 4.89 Å². The van der Waals surface area contributed by atoms with E-state index < -0.39 is 10.0 Å². The molecule has 1 amide bonds. The van der Waals surface area contributed by atoms with Crippen LogP contribution in [0.5, 0.6) is 0 Å². The molecule has 0 spiro atoms. The molecule has 2 aromatic rings. The number of amides is 1. The third kappa shape index (κ3) is 2.61. The van der Waals surface area contributed by atoms with Gasteiger partial charge in [-0.25, -0.2) is 8.42 Å². The summed E-state index contributed by atoms with van der Waals surface area (Å²) in [5.74, 6) is -0.0242. The highest BCUT2D eigenvalue weighted by Crippen LogP contribution is 2.36. The topological polar surface area (TPSA) is 99.9 Å². The van der Waals surface area contributed by atoms with Gasteiger partial charge in [0, 0.05) is 14.1 Å². The molecule has 0 aliphatic rings. The molecular formula is C11H12N2O5S2. The van der Waals surface area contributed by atoms with Crippen LogP contribution in [0.2, 0.25) is 0 Å². The summed E-state index contributed by atoms with van der Waals surface area (Å²) in [4.78, 5) is 14.8. The Kier molecular flexibility index (Phi) is 3.95. The van der Waals surface area contributed by atoms with Crippen LogP contribution in [0.3, 0.4) is 0 Å². The first-order chi connectivity index (χ1) is 9.36. The van der Waals surface area contributed by atoms with Crippen molar-refractivity contribution in [3.63, 3.8) is 0 Å². The normalized spacial score (nSPS) is 11.6. The molecule has 2 N–H and O–H groups in total. The Morgan fingerprint density at radius 2 is 2.15 bits per heavy atom. The lowest BCUT2D eigenvalue weighted by molar-refractivity contribution is 0.0832. The van der Waals surface area contributed by atoms with Gasteiger partial charge in [0.1, 0.15) is 10.7 Å². The van der Waals surface area contributed by atoms with Crippen molar-refractivity contribution in [1.82, 2.24) is 9.79 Å². The number of hydrogen-bond donors (Lipinski definition) is 2. The zero-order valence-corrected chi connectivity index (χ0v) is 12.3. The molecule has 0 unspecified atom stereocenters. The van der Waals surface area contributed by atoms with Gasteiger partial charge in [0.25, 0.3) is 15.9 Å². The Morgan fingerprint density at radius 3 is 2.65 bits per heavy atom. The number of carbonyl (C=O) groups is 1. The van der Waals surface area contributed by atoms with Gasteiger partial charge in [-0.05, 0) is 18.2 Å². The minimum Gasteiger partial charge on any atom is -0.463 e. The van der Waals surface area contributed by atoms with Crippen LogP contribution in [-0.2, 0) is 10.0 Å². The highest BCUT2D eigenvalue weighted by Gasteiger charge is 2.26. The Hall–Kier alpha value is -1.68. The smallest absolute Gasteiger partial charge is 0.263 e. The van der Waals surface area contributed by atoms with Gasteiger partial charge in [0.2, 0.25) is 0 Å². The summed E-state index contributed by atoms with van der Waals surface area (Å²) in [6, 6.07) is 4.39. The lowest BCUT2D eigenvalue weighted by Gasteiger charge is -2.06. The lowest BCUT2D eigenvalue weighted by atomic mass is 10.3. The third-order valence-corrected chi connectivity index (χ3v) is 4.88. The number of rotatable bonds is 4. The van der Waals surface area contributed by atoms with E-state index in [9.17, 15) is 13.2 Å². The van der Waals surface area contributed by atoms with Crippen molar-refractivity contribution in [2.24, 2.45) is 0 Å². The fraction of sp³-hybridized carbons (Fsp3) is 0.182. The number of hydrogen-bond acceptors (Lipinski definition) is 6. The summed E-state index contributed by atoms with van der Waals surface area (Å²) in [6.45, 7) is 0. The summed E-state index contributed by atoms with van der Waals surface area (Å²) in [5, 5.41) is 8.77. The first-order valence-electron chi connectivity index (χ1n) is 5.42. The van der Waals surface area contributed by atoms with Crippen molar-refractivity contribution < 1.29 is 22.8 Å². The molecule has 108 valence electrons. The predicted octanol–water partition coefficient (Wildman–Crippen LogP) is 1.38. The van der Waals surface area contributed by atoms with E-state index in [1.54, 1.807) is 26.2 Å². The summed E-state index contributed by atoms with van der Waals surface area (Å²) in [5.41, 5.74) is 0. The van der Waals surface area contributed by atoms with E-state index in [0.717, 1.165) is 11.3 Å². The van der Waals surface area contributed by atoms with Gasteiger partial charge in [0.05, 0.1) is 16.0 Å². The average Bonchev–Trinajstić information content (AvgIpc) is 3.06. The fourth-order valence-corrected chi connectivity index (χ4v) is 3.82. The van der Waals surface area contributed by atoms with Crippen LogP contribution in [0.15, 0.2) is 33.8 Å². The van der Waals surface area contributed by atoms with Gasteiger partial charge in [0.15, 0.2) is 0 Å². The number of nitrogens with one attached hydrogen (secondary N) is 1. The number of furan rings is 1. The molecule has 0 radical (unpaired) electrons. The molecule has 0 aliphatic heterocycles. The zero-order valence-electron chi connectivity index (χ0n) is 10.7. The van der Waals surface area contributed by atoms with Crippen molar-refractivity contribution in [3.8, 4) is 10.6 Å². The molecule has 2 rings (SSSR count). The molecule has 0 saturated heterocycles. The fourth-order valence-electron chi connectivity index (χ4n) is 1.53. The summed E-state index contributed by atoms with van der Waals surface area (Å²) in [7, 11) is -0.983. The average molecular weight is 316 g/mol. The van der Waals surface area contributed by atoms with Crippen LogP contribution < -0.4 is 4.89 Å². The first-order valence-corrected chi connectivity index (χ1v) is 7.72. The molecule has 7 nitrogen and oxygen atoms in total. The SMILES string of the molecule is CN(C)C(=O)c1cc(S(=O)(=O)NO)c(-c2ccco2)s1. The van der Waals surface area contributed by atoms with E-state index in [2.05, 4.69) is 0 Å². The van der Waals surface area contributed by atoms with E-state index in [1.165, 1.54) is 22.1 Å². The van der Waals surface area contributed by atoms with Crippen LogP contribution in [0.25, 0.3) is 10.6 Å². The lowest BCUT2D eigenvalue weighted by Crippen LogP contribution is -2.21. The third-order valence-electron chi connectivity index (χ3n) is 2.47. The Balaban J connectivity index is 2.63. The Bertz CT molecular complexity index is 716. The highest BCUT2D eigenvalue weighted by molar-refractivity contribution is 7.89. The molecule has 0 atom stereocenters. The van der Waals surface area contributed by atoms with Crippen molar-refractivity contribution in [2.45, 2.75) is 4.90 Å². The minimum atomic E-state index is -4.11. The van der Waals surface area contributed by atoms with Gasteiger partial charge in [-0.2, -0.15) is 0 Å². The standard InChI is InChI=1S/C11H12N2O5S2/c1-13(2)11(14)8-6-9(20(16,17)12-15)10(19-8)7-4-3-5-18-7/h3-6,12,15H,1-2H3. The zero-order chi connectivity index (χ0) is 14.9. The maximum atomic E-state index is 11.9. The van der Waals surface area contributed by atoms with Gasteiger partial charge < -0.3 is 14.5 Å². The second kappa shape index (κ2) is 5.37. The van der Waals surface area contributed by atoms with Crippen molar-refractivity contribution in [2.75, 3.05) is 14.1 Å². The largest absolute Gasteiger partial charge is 0.463 e. The molecule has 0 bridgehead atoms. The molecule has 20 heavy (non-hydrogen) atoms. The second-order valence-electron chi connectivity index (χ2n) is 4.08. The molecule has 2 aromatic heterocycles. The number of nitrogens with zero attached hydrogens (tertiary/aromatic N) is 1. The summed E-state index contributed by atoms with van der Waals surface area (Å²) in [6.07, 6.45) is 1.39. The van der Waals surface area contributed by atoms with Crippen molar-refractivity contribution >= 4 is 27.3 Å². The van der Waals surface area contributed by atoms with Gasteiger partial charge in [-0.3, -0.25) is 4.79 Å². The van der Waals surface area contributed by atoms with Crippen LogP contribution >= 0.6 is 11.3 Å². The molecule has 0 saturated carbocycles. The second-order valence-corrected chi connectivity index (χ2v) is 6.76. The van der Waals surface area contributed by atoms with E-state index in [4.69, 9.17) is 9.62 Å².